The lowest BCUT2D eigenvalue weighted by atomic mass is 10.0. The molecule has 1 fully saturated rings. The molecule has 0 radical (unpaired) electrons. The first kappa shape index (κ1) is 15.1. The number of ether oxygens (including phenoxy) is 1. The van der Waals surface area contributed by atoms with Crippen molar-refractivity contribution in [3.63, 3.8) is 0 Å². The van der Waals surface area contributed by atoms with Crippen LogP contribution in [-0.2, 0) is 0 Å². The average Bonchev–Trinajstić information content (AvgIpc) is 2.63. The molecule has 2 aromatic heterocycles. The molecule has 1 saturated heterocycles. The maximum Gasteiger partial charge on any atom is 0.274 e. The number of rotatable bonds is 4. The molecule has 1 aliphatic heterocycles. The van der Waals surface area contributed by atoms with Gasteiger partial charge in [-0.3, -0.25) is 9.78 Å². The molecule has 0 unspecified atom stereocenters. The fourth-order valence-corrected chi connectivity index (χ4v) is 2.57. The molecule has 8 nitrogen and oxygen atoms in total. The van der Waals surface area contributed by atoms with Gasteiger partial charge >= 0.3 is 0 Å². The van der Waals surface area contributed by atoms with E-state index in [0.29, 0.717) is 30.5 Å². The van der Waals surface area contributed by atoms with Crippen LogP contribution >= 0.6 is 0 Å². The van der Waals surface area contributed by atoms with Crippen LogP contribution in [0.3, 0.4) is 0 Å². The molecule has 0 saturated carbocycles. The van der Waals surface area contributed by atoms with Gasteiger partial charge < -0.3 is 15.0 Å². The zero-order chi connectivity index (χ0) is 16.1. The summed E-state index contributed by atoms with van der Waals surface area (Å²) < 4.78 is 5.19. The Kier molecular flexibility index (Phi) is 4.60. The predicted octanol–water partition coefficient (Wildman–Crippen LogP) is 0.992. The largest absolute Gasteiger partial charge is 0.478 e. The van der Waals surface area contributed by atoms with Crippen molar-refractivity contribution in [2.24, 2.45) is 0 Å². The molecule has 1 aliphatic rings. The van der Waals surface area contributed by atoms with Crippen LogP contribution in [0.2, 0.25) is 0 Å². The van der Waals surface area contributed by atoms with Crippen LogP contribution in [0.5, 0.6) is 5.88 Å². The second kappa shape index (κ2) is 6.99. The van der Waals surface area contributed by atoms with Gasteiger partial charge in [-0.1, -0.05) is 0 Å². The summed E-state index contributed by atoms with van der Waals surface area (Å²) in [6.07, 6.45) is 9.45. The van der Waals surface area contributed by atoms with Crippen molar-refractivity contribution in [2.75, 3.05) is 25.5 Å². The summed E-state index contributed by atoms with van der Waals surface area (Å²) in [7, 11) is 1.57. The topological polar surface area (TPSA) is 93.1 Å². The molecule has 8 heteroatoms. The number of piperidine rings is 1. The van der Waals surface area contributed by atoms with Crippen molar-refractivity contribution in [3.8, 4) is 5.88 Å². The smallest absolute Gasteiger partial charge is 0.274 e. The number of hydrogen-bond donors (Lipinski definition) is 1. The van der Waals surface area contributed by atoms with Gasteiger partial charge in [-0.15, -0.1) is 0 Å². The Balaban J connectivity index is 1.57. The summed E-state index contributed by atoms with van der Waals surface area (Å²) in [6, 6.07) is 0.228. The van der Waals surface area contributed by atoms with Crippen molar-refractivity contribution in [2.45, 2.75) is 18.9 Å². The minimum absolute atomic E-state index is 0.0753. The summed E-state index contributed by atoms with van der Waals surface area (Å²) >= 11 is 0. The maximum absolute atomic E-state index is 12.3. The lowest BCUT2D eigenvalue weighted by Gasteiger charge is -2.32. The highest BCUT2D eigenvalue weighted by Crippen LogP contribution is 2.21. The summed E-state index contributed by atoms with van der Waals surface area (Å²) in [4.78, 5) is 30.5. The third-order valence-electron chi connectivity index (χ3n) is 3.76. The van der Waals surface area contributed by atoms with Gasteiger partial charge in [0, 0.05) is 43.9 Å². The van der Waals surface area contributed by atoms with E-state index in [1.54, 1.807) is 30.6 Å². The van der Waals surface area contributed by atoms with Gasteiger partial charge in [0.1, 0.15) is 5.69 Å². The van der Waals surface area contributed by atoms with E-state index >= 15 is 0 Å². The minimum atomic E-state index is -0.0753. The van der Waals surface area contributed by atoms with E-state index in [1.165, 1.54) is 12.4 Å². The Morgan fingerprint density at radius 1 is 1.17 bits per heavy atom. The number of aromatic nitrogens is 4. The Labute approximate surface area is 134 Å². The first-order valence-electron chi connectivity index (χ1n) is 7.44. The summed E-state index contributed by atoms with van der Waals surface area (Å²) in [6.45, 7) is 1.32. The number of amides is 1. The van der Waals surface area contributed by atoms with Gasteiger partial charge in [0.15, 0.2) is 5.82 Å². The van der Waals surface area contributed by atoms with Crippen LogP contribution in [0.15, 0.2) is 31.0 Å². The highest BCUT2D eigenvalue weighted by molar-refractivity contribution is 5.92. The van der Waals surface area contributed by atoms with Crippen LogP contribution in [0, 0.1) is 0 Å². The second-order valence-corrected chi connectivity index (χ2v) is 5.22. The molecule has 0 spiro atoms. The minimum Gasteiger partial charge on any atom is -0.478 e. The van der Waals surface area contributed by atoms with E-state index in [1.807, 2.05) is 0 Å². The fourth-order valence-electron chi connectivity index (χ4n) is 2.57. The summed E-state index contributed by atoms with van der Waals surface area (Å²) in [5.74, 6) is 1.04. The van der Waals surface area contributed by atoms with Gasteiger partial charge in [0.2, 0.25) is 0 Å². The average molecular weight is 314 g/mol. The Morgan fingerprint density at radius 2 is 1.91 bits per heavy atom. The van der Waals surface area contributed by atoms with Crippen molar-refractivity contribution >= 4 is 11.7 Å². The second-order valence-electron chi connectivity index (χ2n) is 5.22. The highest BCUT2D eigenvalue weighted by Gasteiger charge is 2.25. The molecule has 2 aromatic rings. The number of anilines is 1. The Hall–Kier alpha value is -2.77. The van der Waals surface area contributed by atoms with Crippen LogP contribution in [-0.4, -0.2) is 57.0 Å². The fraction of sp³-hybridized carbons (Fsp3) is 0.400. The molecular formula is C15H18N6O2. The third kappa shape index (κ3) is 3.53. The number of carbonyl (C=O) groups is 1. The molecule has 0 atom stereocenters. The first-order valence-corrected chi connectivity index (χ1v) is 7.44. The molecule has 23 heavy (non-hydrogen) atoms. The number of hydrogen-bond acceptors (Lipinski definition) is 7. The van der Waals surface area contributed by atoms with Gasteiger partial charge in [0.25, 0.3) is 11.8 Å². The number of likely N-dealkylation sites (tertiary alicyclic amines) is 1. The SMILES string of the molecule is COc1nccnc1NC1CCN(C(=O)c2cnccn2)CC1. The van der Waals surface area contributed by atoms with Gasteiger partial charge in [-0.05, 0) is 12.8 Å². The summed E-state index contributed by atoms with van der Waals surface area (Å²) in [5, 5.41) is 3.34. The summed E-state index contributed by atoms with van der Waals surface area (Å²) in [5.41, 5.74) is 0.384. The van der Waals surface area contributed by atoms with E-state index < -0.39 is 0 Å². The molecule has 0 aromatic carbocycles. The van der Waals surface area contributed by atoms with Crippen molar-refractivity contribution < 1.29 is 9.53 Å². The molecule has 3 heterocycles. The molecular weight excluding hydrogens is 296 g/mol. The zero-order valence-electron chi connectivity index (χ0n) is 12.8. The first-order chi connectivity index (χ1) is 11.3. The standard InChI is InChI=1S/C15H18N6O2/c1-23-14-13(18-6-7-19-14)20-11-2-8-21(9-3-11)15(22)12-10-16-4-5-17-12/h4-7,10-11H,2-3,8-9H2,1H3,(H,18,20). The van der Waals surface area contributed by atoms with Crippen LogP contribution < -0.4 is 10.1 Å². The number of methoxy groups -OCH3 is 1. The molecule has 0 bridgehead atoms. The van der Waals surface area contributed by atoms with E-state index in [9.17, 15) is 4.79 Å². The normalized spacial score (nSPS) is 15.3. The van der Waals surface area contributed by atoms with E-state index in [4.69, 9.17) is 4.74 Å². The lowest BCUT2D eigenvalue weighted by Crippen LogP contribution is -2.42. The molecule has 1 N–H and O–H groups in total. The molecule has 3 rings (SSSR count). The number of nitrogens with one attached hydrogen (secondary N) is 1. The van der Waals surface area contributed by atoms with Crippen molar-refractivity contribution in [3.05, 3.63) is 36.7 Å². The van der Waals surface area contributed by atoms with Gasteiger partial charge in [-0.2, -0.15) is 0 Å². The van der Waals surface area contributed by atoms with E-state index in [2.05, 4.69) is 25.3 Å². The van der Waals surface area contributed by atoms with Gasteiger partial charge in [0.05, 0.1) is 13.3 Å². The number of carbonyl (C=O) groups excluding carboxylic acids is 1. The van der Waals surface area contributed by atoms with Crippen LogP contribution in [0.4, 0.5) is 5.82 Å². The quantitative estimate of drug-likeness (QED) is 0.899. The van der Waals surface area contributed by atoms with E-state index in [0.717, 1.165) is 12.8 Å². The third-order valence-corrected chi connectivity index (χ3v) is 3.76. The Bertz CT molecular complexity index is 658. The van der Waals surface area contributed by atoms with E-state index in [-0.39, 0.29) is 11.9 Å². The van der Waals surface area contributed by atoms with Crippen molar-refractivity contribution in [1.82, 2.24) is 24.8 Å². The van der Waals surface area contributed by atoms with Gasteiger partial charge in [-0.25, -0.2) is 15.0 Å². The molecule has 0 aliphatic carbocycles. The van der Waals surface area contributed by atoms with Crippen LogP contribution in [0.25, 0.3) is 0 Å². The maximum atomic E-state index is 12.3. The monoisotopic (exact) mass is 314 g/mol. The Morgan fingerprint density at radius 3 is 2.61 bits per heavy atom. The zero-order valence-corrected chi connectivity index (χ0v) is 12.8. The number of nitrogens with zero attached hydrogens (tertiary/aromatic N) is 5. The lowest BCUT2D eigenvalue weighted by molar-refractivity contribution is 0.0712. The molecule has 1 amide bonds. The highest BCUT2D eigenvalue weighted by atomic mass is 16.5. The van der Waals surface area contributed by atoms with Crippen molar-refractivity contribution in [1.29, 1.82) is 0 Å². The molecule has 120 valence electrons. The van der Waals surface area contributed by atoms with Crippen LogP contribution in [0.1, 0.15) is 23.3 Å². The predicted molar refractivity (Wildman–Crippen MR) is 83.2 cm³/mol.